The molecule has 41 heavy (non-hydrogen) atoms. The number of hydrogen-bond acceptors (Lipinski definition) is 8. The van der Waals surface area contributed by atoms with Gasteiger partial charge in [-0.3, -0.25) is 0 Å². The van der Waals surface area contributed by atoms with Crippen LogP contribution in [0.1, 0.15) is 47.0 Å². The van der Waals surface area contributed by atoms with Crippen molar-refractivity contribution in [2.24, 2.45) is 0 Å². The SMILES string of the molecule is CC(C)(C)OC(=O)N1CCC[C@H](Nc2nc(-c3cn(S(=O)(=O)C4(C)C=C(F)C=CC4)c4ncccc34)ncc2F)C1. The van der Waals surface area contributed by atoms with E-state index in [1.54, 1.807) is 37.8 Å². The summed E-state index contributed by atoms with van der Waals surface area (Å²) in [5.41, 5.74) is -0.199. The first-order valence-corrected chi connectivity index (χ1v) is 14.7. The number of hydrogen-bond donors (Lipinski definition) is 1. The fourth-order valence-corrected chi connectivity index (χ4v) is 6.61. The molecule has 0 spiro atoms. The lowest BCUT2D eigenvalue weighted by molar-refractivity contribution is 0.0206. The zero-order valence-electron chi connectivity index (χ0n) is 23.3. The molecule has 1 aliphatic carbocycles. The van der Waals surface area contributed by atoms with Crippen molar-refractivity contribution in [3.05, 3.63) is 60.6 Å². The number of nitrogens with zero attached hydrogens (tertiary/aromatic N) is 5. The number of aromatic nitrogens is 4. The average Bonchev–Trinajstić information content (AvgIpc) is 3.29. The Kier molecular flexibility index (Phi) is 7.35. The highest BCUT2D eigenvalue weighted by molar-refractivity contribution is 7.91. The largest absolute Gasteiger partial charge is 0.444 e. The van der Waals surface area contributed by atoms with Crippen molar-refractivity contribution < 1.29 is 26.7 Å². The number of halogens is 2. The van der Waals surface area contributed by atoms with Crippen LogP contribution in [0.25, 0.3) is 22.4 Å². The van der Waals surface area contributed by atoms with Gasteiger partial charge in [0.1, 0.15) is 16.2 Å². The van der Waals surface area contributed by atoms with Crippen LogP contribution in [0.4, 0.5) is 19.4 Å². The molecule has 0 radical (unpaired) electrons. The first kappa shape index (κ1) is 28.7. The molecule has 2 aliphatic rings. The number of ether oxygens (including phenoxy) is 1. The van der Waals surface area contributed by atoms with E-state index in [0.717, 1.165) is 16.2 Å². The molecule has 10 nitrogen and oxygen atoms in total. The van der Waals surface area contributed by atoms with Gasteiger partial charge in [-0.05, 0) is 71.2 Å². The summed E-state index contributed by atoms with van der Waals surface area (Å²) in [6.07, 6.45) is 8.60. The number of amides is 1. The second-order valence-corrected chi connectivity index (χ2v) is 13.7. The van der Waals surface area contributed by atoms with E-state index in [9.17, 15) is 22.0 Å². The molecule has 0 saturated carbocycles. The molecule has 2 atom stereocenters. The highest BCUT2D eigenvalue weighted by Crippen LogP contribution is 2.36. The van der Waals surface area contributed by atoms with Crippen LogP contribution in [-0.2, 0) is 14.8 Å². The van der Waals surface area contributed by atoms with Gasteiger partial charge in [0.05, 0.1) is 6.20 Å². The summed E-state index contributed by atoms with van der Waals surface area (Å²) in [6.45, 7) is 7.65. The summed E-state index contributed by atoms with van der Waals surface area (Å²) < 4.78 is 61.5. The van der Waals surface area contributed by atoms with Gasteiger partial charge in [-0.1, -0.05) is 6.08 Å². The molecular weight excluding hydrogens is 554 g/mol. The zero-order valence-corrected chi connectivity index (χ0v) is 24.1. The minimum atomic E-state index is -4.18. The van der Waals surface area contributed by atoms with E-state index in [4.69, 9.17) is 4.74 Å². The second-order valence-electron chi connectivity index (χ2n) is 11.5. The van der Waals surface area contributed by atoms with Crippen molar-refractivity contribution >= 4 is 33.0 Å². The van der Waals surface area contributed by atoms with Gasteiger partial charge in [-0.2, -0.15) is 0 Å². The van der Waals surface area contributed by atoms with Crippen LogP contribution in [0.3, 0.4) is 0 Å². The van der Waals surface area contributed by atoms with Crippen molar-refractivity contribution in [3.63, 3.8) is 0 Å². The monoisotopic (exact) mass is 586 g/mol. The van der Waals surface area contributed by atoms with Crippen LogP contribution in [-0.4, -0.2) is 67.8 Å². The third kappa shape index (κ3) is 5.67. The fraction of sp³-hybridized carbons (Fsp3) is 0.429. The van der Waals surface area contributed by atoms with Gasteiger partial charge in [0.15, 0.2) is 23.1 Å². The normalized spacial score (nSPS) is 21.6. The highest BCUT2D eigenvalue weighted by Gasteiger charge is 2.41. The first-order chi connectivity index (χ1) is 19.3. The van der Waals surface area contributed by atoms with Crippen LogP contribution < -0.4 is 5.32 Å². The summed E-state index contributed by atoms with van der Waals surface area (Å²) in [5.74, 6) is -1.33. The number of likely N-dealkylation sites (tertiary alicyclic amines) is 1. The van der Waals surface area contributed by atoms with Crippen molar-refractivity contribution in [3.8, 4) is 11.4 Å². The maximum Gasteiger partial charge on any atom is 0.410 e. The van der Waals surface area contributed by atoms with Crippen LogP contribution >= 0.6 is 0 Å². The maximum absolute atomic E-state index is 14.9. The third-order valence-corrected chi connectivity index (χ3v) is 9.28. The molecule has 1 saturated heterocycles. The smallest absolute Gasteiger partial charge is 0.410 e. The first-order valence-electron chi connectivity index (χ1n) is 13.3. The number of rotatable bonds is 5. The van der Waals surface area contributed by atoms with Crippen molar-refractivity contribution in [1.29, 1.82) is 0 Å². The molecule has 1 fully saturated rings. The highest BCUT2D eigenvalue weighted by atomic mass is 32.2. The van der Waals surface area contributed by atoms with E-state index < -0.39 is 38.1 Å². The van der Waals surface area contributed by atoms with E-state index in [1.165, 1.54) is 31.5 Å². The molecule has 1 unspecified atom stereocenters. The Balaban J connectivity index is 1.47. The number of piperidine rings is 1. The molecule has 13 heteroatoms. The summed E-state index contributed by atoms with van der Waals surface area (Å²) in [4.78, 5) is 27.0. The van der Waals surface area contributed by atoms with Gasteiger partial charge in [0, 0.05) is 42.5 Å². The molecule has 3 aromatic rings. The van der Waals surface area contributed by atoms with Crippen molar-refractivity contribution in [2.75, 3.05) is 18.4 Å². The standard InChI is InChI=1S/C28H32F2N6O4S/c1-27(2,3)40-26(37)35-13-7-9-19(16-35)33-24-22(30)15-32-23(34-24)21-17-36(25-20(21)10-6-12-31-25)41(38,39)28(4)11-5-8-18(29)14-28/h5-6,8,10,12,14-15,17,19H,7,9,11,13,16H2,1-4H3,(H,32,33,34)/t19-,28?/m0/s1. The van der Waals surface area contributed by atoms with Crippen LogP contribution in [0.15, 0.2) is 54.8 Å². The molecule has 0 aromatic carbocycles. The summed E-state index contributed by atoms with van der Waals surface area (Å²) in [6, 6.07) is 3.02. The van der Waals surface area contributed by atoms with Crippen LogP contribution in [0.2, 0.25) is 0 Å². The summed E-state index contributed by atoms with van der Waals surface area (Å²) in [7, 11) is -4.18. The van der Waals surface area contributed by atoms with Gasteiger partial charge in [-0.15, -0.1) is 0 Å². The fourth-order valence-electron chi connectivity index (χ4n) is 4.98. The van der Waals surface area contributed by atoms with Gasteiger partial charge in [0.25, 0.3) is 0 Å². The molecule has 1 N–H and O–H groups in total. The maximum atomic E-state index is 14.9. The molecular formula is C28H32F2N6O4S. The lowest BCUT2D eigenvalue weighted by atomic mass is 10.0. The Hall–Kier alpha value is -3.87. The van der Waals surface area contributed by atoms with Crippen LogP contribution in [0, 0.1) is 5.82 Å². The lowest BCUT2D eigenvalue weighted by Crippen LogP contribution is -2.47. The number of carbonyl (C=O) groups excluding carboxylic acids is 1. The second kappa shape index (κ2) is 10.5. The van der Waals surface area contributed by atoms with Gasteiger partial charge in [-0.25, -0.2) is 40.9 Å². The Morgan fingerprint density at radius 1 is 1.24 bits per heavy atom. The van der Waals surface area contributed by atoms with E-state index >= 15 is 0 Å². The number of carbonyl (C=O) groups is 1. The van der Waals surface area contributed by atoms with Gasteiger partial charge < -0.3 is 15.0 Å². The third-order valence-electron chi connectivity index (χ3n) is 7.02. The molecule has 5 rings (SSSR count). The minimum Gasteiger partial charge on any atom is -0.444 e. The molecule has 1 aliphatic heterocycles. The Labute approximate surface area is 237 Å². The molecule has 0 bridgehead atoms. The zero-order chi connectivity index (χ0) is 29.6. The van der Waals surface area contributed by atoms with E-state index in [-0.39, 0.29) is 29.8 Å². The van der Waals surface area contributed by atoms with Gasteiger partial charge >= 0.3 is 6.09 Å². The topological polar surface area (TPSA) is 119 Å². The number of fused-ring (bicyclic) bond motifs is 1. The van der Waals surface area contributed by atoms with E-state index in [2.05, 4.69) is 20.3 Å². The van der Waals surface area contributed by atoms with E-state index in [0.29, 0.717) is 36.9 Å². The molecule has 1 amide bonds. The summed E-state index contributed by atoms with van der Waals surface area (Å²) >= 11 is 0. The predicted octanol–water partition coefficient (Wildman–Crippen LogP) is 5.19. The van der Waals surface area contributed by atoms with Crippen molar-refractivity contribution in [2.45, 2.75) is 63.3 Å². The van der Waals surface area contributed by atoms with Gasteiger partial charge in [0.2, 0.25) is 10.0 Å². The quantitative estimate of drug-likeness (QED) is 0.434. The van der Waals surface area contributed by atoms with Crippen LogP contribution in [0.5, 0.6) is 0 Å². The van der Waals surface area contributed by atoms with E-state index in [1.807, 2.05) is 0 Å². The minimum absolute atomic E-state index is 0.0759. The number of allylic oxidation sites excluding steroid dienone is 3. The molecule has 218 valence electrons. The number of pyridine rings is 1. The number of nitrogens with one attached hydrogen (secondary N) is 1. The molecule has 3 aromatic heterocycles. The Bertz CT molecular complexity index is 1660. The molecule has 4 heterocycles. The van der Waals surface area contributed by atoms with Crippen molar-refractivity contribution in [1.82, 2.24) is 23.8 Å². The average molecular weight is 587 g/mol. The predicted molar refractivity (Wildman–Crippen MR) is 151 cm³/mol. The number of anilines is 1. The Morgan fingerprint density at radius 2 is 2.02 bits per heavy atom. The summed E-state index contributed by atoms with van der Waals surface area (Å²) in [5, 5.41) is 3.51. The lowest BCUT2D eigenvalue weighted by Gasteiger charge is -2.34. The Morgan fingerprint density at radius 3 is 2.76 bits per heavy atom.